The number of hydrogen-bond donors (Lipinski definition) is 0. The normalized spacial score (nSPS) is 19.5. The molecular formula is C30H33N. The smallest absolute Gasteiger partial charge is 0.0991 e. The molecule has 0 radical (unpaired) electrons. The van der Waals surface area contributed by atoms with Gasteiger partial charge in [-0.05, 0) is 97.1 Å². The van der Waals surface area contributed by atoms with E-state index in [1.165, 1.54) is 54.4 Å². The first-order valence-electron chi connectivity index (χ1n) is 11.8. The molecule has 0 amide bonds. The highest BCUT2D eigenvalue weighted by atomic mass is 14.3. The predicted molar refractivity (Wildman–Crippen MR) is 129 cm³/mol. The van der Waals surface area contributed by atoms with Crippen LogP contribution in [0.1, 0.15) is 78.7 Å². The van der Waals surface area contributed by atoms with Gasteiger partial charge in [0.05, 0.1) is 11.6 Å². The highest BCUT2D eigenvalue weighted by Crippen LogP contribution is 2.37. The van der Waals surface area contributed by atoms with Crippen LogP contribution >= 0.6 is 0 Å². The summed E-state index contributed by atoms with van der Waals surface area (Å²) in [5.41, 5.74) is 6.51. The lowest BCUT2D eigenvalue weighted by Crippen LogP contribution is -2.14. The molecule has 0 heterocycles. The Labute approximate surface area is 187 Å². The molecule has 0 aromatic heterocycles. The van der Waals surface area contributed by atoms with Crippen LogP contribution in [0.3, 0.4) is 0 Å². The SMILES string of the molecule is C[C@H](Cc1ccc(C2CCC(CCc3ccc(C#N)cc3)CC2)cc1)c1ccccc1. The average Bonchev–Trinajstić information content (AvgIpc) is 2.84. The zero-order valence-electron chi connectivity index (χ0n) is 18.6. The molecule has 0 saturated heterocycles. The van der Waals surface area contributed by atoms with E-state index in [2.05, 4.69) is 79.7 Å². The lowest BCUT2D eigenvalue weighted by molar-refractivity contribution is 0.310. The van der Waals surface area contributed by atoms with Crippen molar-refractivity contribution in [2.24, 2.45) is 5.92 Å². The molecule has 0 spiro atoms. The van der Waals surface area contributed by atoms with Gasteiger partial charge in [-0.1, -0.05) is 73.7 Å². The summed E-state index contributed by atoms with van der Waals surface area (Å²) < 4.78 is 0. The fourth-order valence-corrected chi connectivity index (χ4v) is 5.08. The van der Waals surface area contributed by atoms with Crippen molar-refractivity contribution in [3.05, 3.63) is 107 Å². The first-order valence-corrected chi connectivity index (χ1v) is 11.8. The van der Waals surface area contributed by atoms with Crippen LogP contribution in [0.15, 0.2) is 78.9 Å². The molecule has 1 aliphatic carbocycles. The van der Waals surface area contributed by atoms with Crippen LogP contribution in [0, 0.1) is 17.2 Å². The van der Waals surface area contributed by atoms with Crippen molar-refractivity contribution in [3.8, 4) is 6.07 Å². The standard InChI is InChI=1S/C30H33N/c1-23(28-5-3-2-4-6-28)21-26-15-19-30(20-16-26)29-17-13-25(14-18-29)8-7-24-9-11-27(22-31)12-10-24/h2-6,9-12,15-16,19-20,23,25,29H,7-8,13-14,17-18,21H2,1H3/t23-,25?,29?/m1/s1. The Morgan fingerprint density at radius 3 is 2.10 bits per heavy atom. The number of benzene rings is 3. The molecule has 1 atom stereocenters. The molecule has 1 aliphatic rings. The first kappa shape index (κ1) is 21.4. The summed E-state index contributed by atoms with van der Waals surface area (Å²) in [6.45, 7) is 2.32. The van der Waals surface area contributed by atoms with Crippen molar-refractivity contribution in [1.29, 1.82) is 5.26 Å². The molecule has 31 heavy (non-hydrogen) atoms. The predicted octanol–water partition coefficient (Wildman–Crippen LogP) is 7.81. The summed E-state index contributed by atoms with van der Waals surface area (Å²) in [4.78, 5) is 0. The molecule has 1 fully saturated rings. The van der Waals surface area contributed by atoms with Crippen LogP contribution in [-0.4, -0.2) is 0 Å². The summed E-state index contributed by atoms with van der Waals surface area (Å²) in [5, 5.41) is 8.93. The molecule has 0 unspecified atom stereocenters. The van der Waals surface area contributed by atoms with E-state index < -0.39 is 0 Å². The van der Waals surface area contributed by atoms with Gasteiger partial charge in [-0.3, -0.25) is 0 Å². The first-order chi connectivity index (χ1) is 15.2. The highest BCUT2D eigenvalue weighted by Gasteiger charge is 2.22. The zero-order chi connectivity index (χ0) is 21.5. The Morgan fingerprint density at radius 2 is 1.45 bits per heavy atom. The quantitative estimate of drug-likeness (QED) is 0.392. The maximum Gasteiger partial charge on any atom is 0.0991 e. The third-order valence-corrected chi connectivity index (χ3v) is 7.13. The van der Waals surface area contributed by atoms with Gasteiger partial charge < -0.3 is 0 Å². The summed E-state index contributed by atoms with van der Waals surface area (Å²) in [6, 6.07) is 30.6. The van der Waals surface area contributed by atoms with Crippen molar-refractivity contribution in [2.75, 3.05) is 0 Å². The zero-order valence-corrected chi connectivity index (χ0v) is 18.6. The third kappa shape index (κ3) is 5.86. The van der Waals surface area contributed by atoms with Crippen LogP contribution in [0.2, 0.25) is 0 Å². The van der Waals surface area contributed by atoms with Gasteiger partial charge in [0.2, 0.25) is 0 Å². The van der Waals surface area contributed by atoms with Gasteiger partial charge in [0.25, 0.3) is 0 Å². The maximum absolute atomic E-state index is 8.93. The molecule has 4 rings (SSSR count). The van der Waals surface area contributed by atoms with Gasteiger partial charge in [-0.2, -0.15) is 5.26 Å². The van der Waals surface area contributed by atoms with Crippen LogP contribution in [0.5, 0.6) is 0 Å². The molecule has 158 valence electrons. The van der Waals surface area contributed by atoms with Crippen LogP contribution in [-0.2, 0) is 12.8 Å². The summed E-state index contributed by atoms with van der Waals surface area (Å²) in [7, 11) is 0. The van der Waals surface area contributed by atoms with Gasteiger partial charge >= 0.3 is 0 Å². The Balaban J connectivity index is 1.24. The Bertz CT molecular complexity index is 971. The van der Waals surface area contributed by atoms with E-state index in [1.807, 2.05) is 12.1 Å². The molecular weight excluding hydrogens is 374 g/mol. The number of nitrogens with zero attached hydrogens (tertiary/aromatic N) is 1. The molecule has 0 aliphatic heterocycles. The van der Waals surface area contributed by atoms with Crippen molar-refractivity contribution in [2.45, 2.75) is 63.7 Å². The minimum Gasteiger partial charge on any atom is -0.192 e. The molecule has 0 N–H and O–H groups in total. The number of rotatable bonds is 7. The number of nitriles is 1. The van der Waals surface area contributed by atoms with Gasteiger partial charge in [-0.15, -0.1) is 0 Å². The van der Waals surface area contributed by atoms with Crippen molar-refractivity contribution < 1.29 is 0 Å². The van der Waals surface area contributed by atoms with Crippen LogP contribution < -0.4 is 0 Å². The highest BCUT2D eigenvalue weighted by molar-refractivity contribution is 5.32. The fraction of sp³-hybridized carbons (Fsp3) is 0.367. The molecule has 1 heteroatoms. The van der Waals surface area contributed by atoms with E-state index in [-0.39, 0.29) is 0 Å². The largest absolute Gasteiger partial charge is 0.192 e. The molecule has 3 aromatic rings. The number of aryl methyl sites for hydroxylation is 1. The minimum absolute atomic E-state index is 0.554. The number of hydrogen-bond acceptors (Lipinski definition) is 1. The van der Waals surface area contributed by atoms with Crippen molar-refractivity contribution >= 4 is 0 Å². The summed E-state index contributed by atoms with van der Waals surface area (Å²) in [5.74, 6) is 2.13. The van der Waals surface area contributed by atoms with E-state index in [0.717, 1.165) is 30.2 Å². The van der Waals surface area contributed by atoms with Crippen LogP contribution in [0.25, 0.3) is 0 Å². The Hall–Kier alpha value is -2.85. The second-order valence-corrected chi connectivity index (χ2v) is 9.32. The van der Waals surface area contributed by atoms with Gasteiger partial charge in [-0.25, -0.2) is 0 Å². The van der Waals surface area contributed by atoms with Crippen molar-refractivity contribution in [3.63, 3.8) is 0 Å². The topological polar surface area (TPSA) is 23.8 Å². The fourth-order valence-electron chi connectivity index (χ4n) is 5.08. The molecule has 1 saturated carbocycles. The van der Waals surface area contributed by atoms with E-state index in [4.69, 9.17) is 5.26 Å². The van der Waals surface area contributed by atoms with E-state index >= 15 is 0 Å². The monoisotopic (exact) mass is 407 g/mol. The van der Waals surface area contributed by atoms with Crippen molar-refractivity contribution in [1.82, 2.24) is 0 Å². The minimum atomic E-state index is 0.554. The third-order valence-electron chi connectivity index (χ3n) is 7.13. The lowest BCUT2D eigenvalue weighted by atomic mass is 9.76. The van der Waals surface area contributed by atoms with Crippen LogP contribution in [0.4, 0.5) is 0 Å². The summed E-state index contributed by atoms with van der Waals surface area (Å²) >= 11 is 0. The van der Waals surface area contributed by atoms with Gasteiger partial charge in [0.15, 0.2) is 0 Å². The van der Waals surface area contributed by atoms with E-state index in [1.54, 1.807) is 0 Å². The van der Waals surface area contributed by atoms with Gasteiger partial charge in [0.1, 0.15) is 0 Å². The van der Waals surface area contributed by atoms with E-state index in [0.29, 0.717) is 5.92 Å². The second-order valence-electron chi connectivity index (χ2n) is 9.32. The van der Waals surface area contributed by atoms with Gasteiger partial charge in [0, 0.05) is 0 Å². The second kappa shape index (κ2) is 10.5. The molecule has 1 nitrogen and oxygen atoms in total. The average molecular weight is 408 g/mol. The lowest BCUT2D eigenvalue weighted by Gasteiger charge is -2.29. The molecule has 0 bridgehead atoms. The summed E-state index contributed by atoms with van der Waals surface area (Å²) in [6.07, 6.45) is 8.83. The van der Waals surface area contributed by atoms with E-state index in [9.17, 15) is 0 Å². The maximum atomic E-state index is 8.93. The Kier molecular flexibility index (Phi) is 7.21. The molecule has 3 aromatic carbocycles. The Morgan fingerprint density at radius 1 is 0.806 bits per heavy atom.